The second-order valence-electron chi connectivity index (χ2n) is 7.05. The van der Waals surface area contributed by atoms with E-state index < -0.39 is 0 Å². The second-order valence-corrected chi connectivity index (χ2v) is 7.05. The maximum Gasteiger partial charge on any atom is 0.224 e. The van der Waals surface area contributed by atoms with Gasteiger partial charge in [0, 0.05) is 25.6 Å². The highest BCUT2D eigenvalue weighted by molar-refractivity contribution is 5.77. The molecule has 3 heteroatoms. The van der Waals surface area contributed by atoms with Crippen LogP contribution in [-0.4, -0.2) is 29.9 Å². The molecule has 23 heavy (non-hydrogen) atoms. The van der Waals surface area contributed by atoms with Crippen LogP contribution >= 0.6 is 0 Å². The van der Waals surface area contributed by atoms with Crippen LogP contribution in [0.5, 0.6) is 0 Å². The van der Waals surface area contributed by atoms with Gasteiger partial charge in [0.25, 0.3) is 0 Å². The van der Waals surface area contributed by atoms with Crippen LogP contribution in [0.1, 0.15) is 44.2 Å². The van der Waals surface area contributed by atoms with Gasteiger partial charge in [-0.25, -0.2) is 0 Å². The van der Waals surface area contributed by atoms with Crippen LogP contribution in [0.15, 0.2) is 36.9 Å². The molecule has 1 aliphatic rings. The summed E-state index contributed by atoms with van der Waals surface area (Å²) in [5.74, 6) is 0.785. The zero-order valence-electron chi connectivity index (χ0n) is 14.6. The molecule has 1 atom stereocenters. The van der Waals surface area contributed by atoms with Gasteiger partial charge in [-0.2, -0.15) is 0 Å². The molecule has 1 N–H and O–H groups in total. The van der Waals surface area contributed by atoms with E-state index in [0.29, 0.717) is 12.3 Å². The number of carbonyl (C=O) groups excluding carboxylic acids is 1. The number of nitrogens with zero attached hydrogens (tertiary/aromatic N) is 1. The van der Waals surface area contributed by atoms with Crippen molar-refractivity contribution >= 4 is 5.91 Å². The molecule has 1 aromatic carbocycles. The molecule has 1 saturated heterocycles. The maximum absolute atomic E-state index is 11.7. The number of likely N-dealkylation sites (tertiary alicyclic amines) is 1. The van der Waals surface area contributed by atoms with E-state index >= 15 is 0 Å². The summed E-state index contributed by atoms with van der Waals surface area (Å²) in [6.07, 6.45) is 5.43. The van der Waals surface area contributed by atoms with Crippen LogP contribution < -0.4 is 5.32 Å². The molecule has 0 saturated carbocycles. The van der Waals surface area contributed by atoms with Crippen molar-refractivity contribution in [1.82, 2.24) is 10.2 Å². The van der Waals surface area contributed by atoms with E-state index in [2.05, 4.69) is 54.9 Å². The van der Waals surface area contributed by atoms with Crippen molar-refractivity contribution < 1.29 is 4.79 Å². The van der Waals surface area contributed by atoms with Gasteiger partial charge in [-0.1, -0.05) is 44.2 Å². The SMILES string of the molecule is C=CCC(=O)NC1CCCN(Cc2ccc(CC(C)C)cc2)C1. The van der Waals surface area contributed by atoms with E-state index in [9.17, 15) is 4.79 Å². The molecule has 3 nitrogen and oxygen atoms in total. The molecule has 0 spiro atoms. The highest BCUT2D eigenvalue weighted by atomic mass is 16.1. The van der Waals surface area contributed by atoms with Crippen LogP contribution in [0.25, 0.3) is 0 Å². The number of hydrogen-bond acceptors (Lipinski definition) is 2. The smallest absolute Gasteiger partial charge is 0.224 e. The lowest BCUT2D eigenvalue weighted by molar-refractivity contribution is -0.121. The molecule has 0 bridgehead atoms. The van der Waals surface area contributed by atoms with Crippen molar-refractivity contribution in [1.29, 1.82) is 0 Å². The Kier molecular flexibility index (Phi) is 6.85. The van der Waals surface area contributed by atoms with Gasteiger partial charge in [0.05, 0.1) is 0 Å². The summed E-state index contributed by atoms with van der Waals surface area (Å²) in [5.41, 5.74) is 2.77. The van der Waals surface area contributed by atoms with Gasteiger partial charge in [-0.05, 0) is 42.9 Å². The van der Waals surface area contributed by atoms with Gasteiger partial charge in [-0.15, -0.1) is 6.58 Å². The number of benzene rings is 1. The summed E-state index contributed by atoms with van der Waals surface area (Å²) in [4.78, 5) is 14.1. The van der Waals surface area contributed by atoms with E-state index in [1.807, 2.05) is 0 Å². The fraction of sp³-hybridized carbons (Fsp3) is 0.550. The summed E-state index contributed by atoms with van der Waals surface area (Å²) < 4.78 is 0. The van der Waals surface area contributed by atoms with Crippen molar-refractivity contribution in [3.63, 3.8) is 0 Å². The summed E-state index contributed by atoms with van der Waals surface area (Å²) in [5, 5.41) is 3.11. The molecule has 1 amide bonds. The molecule has 1 aromatic rings. The lowest BCUT2D eigenvalue weighted by Crippen LogP contribution is -2.47. The Hall–Kier alpha value is -1.61. The molecule has 1 unspecified atom stereocenters. The first-order valence-electron chi connectivity index (χ1n) is 8.77. The van der Waals surface area contributed by atoms with Crippen LogP contribution in [0, 0.1) is 5.92 Å². The molecule has 1 heterocycles. The third-order valence-electron chi connectivity index (χ3n) is 4.27. The highest BCUT2D eigenvalue weighted by Gasteiger charge is 2.21. The predicted molar refractivity (Wildman–Crippen MR) is 96.2 cm³/mol. The Bertz CT molecular complexity index is 507. The van der Waals surface area contributed by atoms with Crippen LogP contribution in [-0.2, 0) is 17.8 Å². The molecule has 1 aliphatic heterocycles. The lowest BCUT2D eigenvalue weighted by atomic mass is 10.0. The molecule has 0 aliphatic carbocycles. The second kappa shape index (κ2) is 8.88. The molecule has 2 rings (SSSR count). The number of piperidine rings is 1. The topological polar surface area (TPSA) is 32.3 Å². The molecular weight excluding hydrogens is 284 g/mol. The van der Waals surface area contributed by atoms with E-state index in [4.69, 9.17) is 0 Å². The molecule has 1 fully saturated rings. The number of carbonyl (C=O) groups is 1. The largest absolute Gasteiger partial charge is 0.352 e. The fourth-order valence-electron chi connectivity index (χ4n) is 3.25. The van der Waals surface area contributed by atoms with Crippen molar-refractivity contribution in [3.8, 4) is 0 Å². The first kappa shape index (κ1) is 17.7. The Labute approximate surface area is 140 Å². The zero-order chi connectivity index (χ0) is 16.7. The first-order valence-corrected chi connectivity index (χ1v) is 8.77. The van der Waals surface area contributed by atoms with Crippen LogP contribution in [0.4, 0.5) is 0 Å². The Morgan fingerprint density at radius 3 is 2.70 bits per heavy atom. The van der Waals surface area contributed by atoms with E-state index in [1.54, 1.807) is 6.08 Å². The van der Waals surface area contributed by atoms with Gasteiger partial charge in [-0.3, -0.25) is 9.69 Å². The summed E-state index contributed by atoms with van der Waals surface area (Å²) in [6, 6.07) is 9.27. The highest BCUT2D eigenvalue weighted by Crippen LogP contribution is 2.15. The van der Waals surface area contributed by atoms with Crippen LogP contribution in [0.2, 0.25) is 0 Å². The quantitative estimate of drug-likeness (QED) is 0.781. The Morgan fingerprint density at radius 2 is 2.04 bits per heavy atom. The summed E-state index contributed by atoms with van der Waals surface area (Å²) >= 11 is 0. The minimum absolute atomic E-state index is 0.0879. The minimum Gasteiger partial charge on any atom is -0.352 e. The Balaban J connectivity index is 1.84. The first-order chi connectivity index (χ1) is 11.1. The van der Waals surface area contributed by atoms with Gasteiger partial charge in [0.15, 0.2) is 0 Å². The molecule has 0 aromatic heterocycles. The van der Waals surface area contributed by atoms with E-state index in [1.165, 1.54) is 11.1 Å². The molecule has 126 valence electrons. The Morgan fingerprint density at radius 1 is 1.35 bits per heavy atom. The molecular formula is C20H30N2O. The monoisotopic (exact) mass is 314 g/mol. The number of hydrogen-bond donors (Lipinski definition) is 1. The van der Waals surface area contributed by atoms with Crippen molar-refractivity contribution in [3.05, 3.63) is 48.0 Å². The zero-order valence-corrected chi connectivity index (χ0v) is 14.6. The third kappa shape index (κ3) is 6.19. The standard InChI is InChI=1S/C20H30N2O/c1-4-6-20(23)21-19-7-5-12-22(15-19)14-18-10-8-17(9-11-18)13-16(2)3/h4,8-11,16,19H,1,5-7,12-15H2,2-3H3,(H,21,23). The predicted octanol–water partition coefficient (Wildman–Crippen LogP) is 3.54. The van der Waals surface area contributed by atoms with Gasteiger partial charge in [0.1, 0.15) is 0 Å². The lowest BCUT2D eigenvalue weighted by Gasteiger charge is -2.33. The minimum atomic E-state index is 0.0879. The van der Waals surface area contributed by atoms with E-state index in [-0.39, 0.29) is 11.9 Å². The van der Waals surface area contributed by atoms with Crippen molar-refractivity contribution in [2.45, 2.75) is 52.1 Å². The summed E-state index contributed by atoms with van der Waals surface area (Å²) in [6.45, 7) is 11.1. The average Bonchev–Trinajstić information content (AvgIpc) is 2.49. The number of amides is 1. The van der Waals surface area contributed by atoms with Gasteiger partial charge in [0.2, 0.25) is 5.91 Å². The van der Waals surface area contributed by atoms with Crippen molar-refractivity contribution in [2.75, 3.05) is 13.1 Å². The number of rotatable bonds is 7. The number of nitrogens with one attached hydrogen (secondary N) is 1. The van der Waals surface area contributed by atoms with Crippen molar-refractivity contribution in [2.24, 2.45) is 5.92 Å². The van der Waals surface area contributed by atoms with Gasteiger partial charge < -0.3 is 5.32 Å². The van der Waals surface area contributed by atoms with Crippen LogP contribution in [0.3, 0.4) is 0 Å². The molecule has 0 radical (unpaired) electrons. The van der Waals surface area contributed by atoms with Gasteiger partial charge >= 0.3 is 0 Å². The van der Waals surface area contributed by atoms with E-state index in [0.717, 1.165) is 38.9 Å². The fourth-order valence-corrected chi connectivity index (χ4v) is 3.25. The summed E-state index contributed by atoms with van der Waals surface area (Å²) in [7, 11) is 0. The third-order valence-corrected chi connectivity index (χ3v) is 4.27. The normalized spacial score (nSPS) is 18.8. The average molecular weight is 314 g/mol. The maximum atomic E-state index is 11.7.